The van der Waals surface area contributed by atoms with E-state index in [1.165, 1.54) is 26.3 Å². The molecule has 0 amide bonds. The number of anilines is 2. The number of benzene rings is 3. The molecule has 1 heterocycles. The van der Waals surface area contributed by atoms with Crippen LogP contribution in [0, 0.1) is 6.92 Å². The molecule has 4 aromatic rings. The summed E-state index contributed by atoms with van der Waals surface area (Å²) < 4.78 is 34.9. The predicted octanol–water partition coefficient (Wildman–Crippen LogP) is 5.67. The third-order valence-electron chi connectivity index (χ3n) is 5.32. The van der Waals surface area contributed by atoms with Gasteiger partial charge in [-0.05, 0) is 55.5 Å². The second-order valence-electron chi connectivity index (χ2n) is 7.55. The number of para-hydroxylation sites is 1. The van der Waals surface area contributed by atoms with Gasteiger partial charge in [0.2, 0.25) is 0 Å². The van der Waals surface area contributed by atoms with Crippen LogP contribution in [0.4, 0.5) is 22.9 Å². The number of aromatic nitrogens is 2. The van der Waals surface area contributed by atoms with Gasteiger partial charge in [-0.15, -0.1) is 10.2 Å². The fourth-order valence-electron chi connectivity index (χ4n) is 3.39. The molecule has 0 radical (unpaired) electrons. The summed E-state index contributed by atoms with van der Waals surface area (Å²) in [4.78, 5) is -0.0498. The predicted molar refractivity (Wildman–Crippen MR) is 137 cm³/mol. The van der Waals surface area contributed by atoms with Crippen LogP contribution in [0.25, 0.3) is 5.69 Å². The molecular formula is C24H23ClN6O3S. The number of hydrogen-bond donors (Lipinski definition) is 1. The van der Waals surface area contributed by atoms with Crippen LogP contribution in [0.1, 0.15) is 5.69 Å². The van der Waals surface area contributed by atoms with Gasteiger partial charge in [0.05, 0.1) is 24.2 Å². The summed E-state index contributed by atoms with van der Waals surface area (Å²) in [5, 5.41) is 13.5. The van der Waals surface area contributed by atoms with Gasteiger partial charge in [0.25, 0.3) is 10.0 Å². The molecule has 0 spiro atoms. The van der Waals surface area contributed by atoms with E-state index in [0.29, 0.717) is 27.8 Å². The second kappa shape index (κ2) is 9.77. The minimum absolute atomic E-state index is 0.0498. The van der Waals surface area contributed by atoms with Gasteiger partial charge in [-0.1, -0.05) is 29.8 Å². The third kappa shape index (κ3) is 4.84. The quantitative estimate of drug-likeness (QED) is 0.322. The molecule has 0 atom stereocenters. The van der Waals surface area contributed by atoms with Crippen LogP contribution in [0.15, 0.2) is 87.9 Å². The second-order valence-corrected chi connectivity index (χ2v) is 9.92. The highest BCUT2D eigenvalue weighted by Crippen LogP contribution is 2.36. The van der Waals surface area contributed by atoms with E-state index in [0.717, 1.165) is 9.99 Å². The largest absolute Gasteiger partial charge is 0.497 e. The Balaban J connectivity index is 1.76. The lowest BCUT2D eigenvalue weighted by molar-refractivity contribution is 0.414. The number of aryl methyl sites for hydroxylation is 1. The molecule has 180 valence electrons. The van der Waals surface area contributed by atoms with Crippen molar-refractivity contribution in [1.82, 2.24) is 9.78 Å². The number of halogens is 1. The lowest BCUT2D eigenvalue weighted by Gasteiger charge is -2.20. The standard InChI is InChI=1S/C24H23ClN6O3S/c1-16-23(24(26)31(29-16)19-7-5-4-6-8-19)28-27-21-15-20(34-3)13-14-22(21)35(32,33)30(2)18-11-9-17(25)10-12-18/h4-15H,26H2,1-3H3. The minimum atomic E-state index is -3.99. The number of azo groups is 1. The van der Waals surface area contributed by atoms with Crippen molar-refractivity contribution < 1.29 is 13.2 Å². The van der Waals surface area contributed by atoms with E-state index < -0.39 is 10.0 Å². The Hall–Kier alpha value is -3.89. The first-order valence-corrected chi connectivity index (χ1v) is 12.3. The van der Waals surface area contributed by atoms with E-state index >= 15 is 0 Å². The van der Waals surface area contributed by atoms with Crippen LogP contribution in [-0.2, 0) is 10.0 Å². The highest BCUT2D eigenvalue weighted by Gasteiger charge is 2.25. The first kappa shape index (κ1) is 24.2. The van der Waals surface area contributed by atoms with Gasteiger partial charge in [0.15, 0.2) is 11.5 Å². The number of nitrogens with zero attached hydrogens (tertiary/aromatic N) is 5. The first-order valence-electron chi connectivity index (χ1n) is 10.5. The molecule has 35 heavy (non-hydrogen) atoms. The summed E-state index contributed by atoms with van der Waals surface area (Å²) in [5.74, 6) is 0.708. The molecule has 2 N–H and O–H groups in total. The van der Waals surface area contributed by atoms with E-state index in [2.05, 4.69) is 15.3 Å². The maximum Gasteiger partial charge on any atom is 0.266 e. The van der Waals surface area contributed by atoms with Crippen molar-refractivity contribution in [2.75, 3.05) is 24.2 Å². The van der Waals surface area contributed by atoms with E-state index in [4.69, 9.17) is 22.1 Å². The summed E-state index contributed by atoms with van der Waals surface area (Å²) >= 11 is 5.95. The van der Waals surface area contributed by atoms with Crippen molar-refractivity contribution in [2.45, 2.75) is 11.8 Å². The average molecular weight is 511 g/mol. The molecule has 9 nitrogen and oxygen atoms in total. The third-order valence-corrected chi connectivity index (χ3v) is 7.40. The Morgan fingerprint density at radius 3 is 2.37 bits per heavy atom. The lowest BCUT2D eigenvalue weighted by Crippen LogP contribution is -2.26. The van der Waals surface area contributed by atoms with Gasteiger partial charge in [-0.2, -0.15) is 5.10 Å². The van der Waals surface area contributed by atoms with Crippen LogP contribution in [0.2, 0.25) is 5.02 Å². The topological polar surface area (TPSA) is 115 Å². The number of sulfonamides is 1. The van der Waals surface area contributed by atoms with Crippen LogP contribution in [0.3, 0.4) is 0 Å². The zero-order valence-corrected chi connectivity index (χ0v) is 20.8. The molecule has 0 saturated heterocycles. The number of hydrogen-bond acceptors (Lipinski definition) is 7. The fourth-order valence-corrected chi connectivity index (χ4v) is 4.81. The highest BCUT2D eigenvalue weighted by atomic mass is 35.5. The zero-order chi connectivity index (χ0) is 25.2. The summed E-state index contributed by atoms with van der Waals surface area (Å²) in [7, 11) is -1.06. The molecule has 0 bridgehead atoms. The summed E-state index contributed by atoms with van der Waals surface area (Å²) in [5.41, 5.74) is 8.49. The van der Waals surface area contributed by atoms with Crippen molar-refractivity contribution >= 4 is 44.5 Å². The Bertz CT molecular complexity index is 1490. The van der Waals surface area contributed by atoms with Crippen molar-refractivity contribution in [3.63, 3.8) is 0 Å². The van der Waals surface area contributed by atoms with Gasteiger partial charge in [-0.25, -0.2) is 13.1 Å². The van der Waals surface area contributed by atoms with Crippen molar-refractivity contribution in [3.8, 4) is 11.4 Å². The van der Waals surface area contributed by atoms with Gasteiger partial charge in [0.1, 0.15) is 16.3 Å². The Morgan fingerprint density at radius 1 is 1.03 bits per heavy atom. The Labute approximate surface area is 208 Å². The monoisotopic (exact) mass is 510 g/mol. The van der Waals surface area contributed by atoms with Crippen LogP contribution >= 0.6 is 11.6 Å². The maximum absolute atomic E-state index is 13.5. The summed E-state index contributed by atoms with van der Waals surface area (Å²) in [6, 6.07) is 20.3. The molecule has 0 fully saturated rings. The van der Waals surface area contributed by atoms with Crippen LogP contribution < -0.4 is 14.8 Å². The molecule has 0 aliphatic heterocycles. The summed E-state index contributed by atoms with van der Waals surface area (Å²) in [6.07, 6.45) is 0. The lowest BCUT2D eigenvalue weighted by atomic mass is 10.3. The number of nitrogen functional groups attached to an aromatic ring is 1. The van der Waals surface area contributed by atoms with Crippen molar-refractivity contribution in [2.24, 2.45) is 10.2 Å². The molecule has 4 rings (SSSR count). The molecule has 0 unspecified atom stereocenters. The Kier molecular flexibility index (Phi) is 6.77. The van der Waals surface area contributed by atoms with Gasteiger partial charge in [0, 0.05) is 18.1 Å². The van der Waals surface area contributed by atoms with Crippen molar-refractivity contribution in [1.29, 1.82) is 0 Å². The van der Waals surface area contributed by atoms with Gasteiger partial charge in [-0.3, -0.25) is 4.31 Å². The summed E-state index contributed by atoms with van der Waals surface area (Å²) in [6.45, 7) is 1.75. The minimum Gasteiger partial charge on any atom is -0.497 e. The van der Waals surface area contributed by atoms with Crippen LogP contribution in [-0.4, -0.2) is 32.4 Å². The van der Waals surface area contributed by atoms with Crippen molar-refractivity contribution in [3.05, 3.63) is 83.5 Å². The molecule has 11 heteroatoms. The van der Waals surface area contributed by atoms with E-state index in [-0.39, 0.29) is 16.4 Å². The number of methoxy groups -OCH3 is 1. The molecule has 0 aliphatic carbocycles. The zero-order valence-electron chi connectivity index (χ0n) is 19.3. The van der Waals surface area contributed by atoms with Crippen LogP contribution in [0.5, 0.6) is 5.75 Å². The first-order chi connectivity index (χ1) is 16.7. The smallest absolute Gasteiger partial charge is 0.266 e. The average Bonchev–Trinajstić information content (AvgIpc) is 3.15. The van der Waals surface area contributed by atoms with Gasteiger partial charge < -0.3 is 10.5 Å². The van der Waals surface area contributed by atoms with E-state index in [9.17, 15) is 8.42 Å². The number of nitrogens with two attached hydrogens (primary N) is 1. The van der Waals surface area contributed by atoms with Gasteiger partial charge >= 0.3 is 0 Å². The molecule has 3 aromatic carbocycles. The highest BCUT2D eigenvalue weighted by molar-refractivity contribution is 7.93. The SMILES string of the molecule is COc1ccc(S(=O)(=O)N(C)c2ccc(Cl)cc2)c(N=Nc2c(C)nn(-c3ccccc3)c2N)c1. The maximum atomic E-state index is 13.5. The van der Waals surface area contributed by atoms with E-state index in [1.54, 1.807) is 41.9 Å². The Morgan fingerprint density at radius 2 is 1.71 bits per heavy atom. The number of ether oxygens (including phenoxy) is 1. The normalized spacial score (nSPS) is 11.7. The molecule has 1 aromatic heterocycles. The molecular weight excluding hydrogens is 488 g/mol. The molecule has 0 saturated carbocycles. The number of rotatable bonds is 7. The fraction of sp³-hybridized carbons (Fsp3) is 0.125. The molecule has 0 aliphatic rings. The van der Waals surface area contributed by atoms with E-state index in [1.807, 2.05) is 30.3 Å².